The van der Waals surface area contributed by atoms with E-state index >= 15 is 0 Å². The summed E-state index contributed by atoms with van der Waals surface area (Å²) < 4.78 is 21.1. The lowest BCUT2D eigenvalue weighted by atomic mass is 10.2. The van der Waals surface area contributed by atoms with Crippen molar-refractivity contribution in [3.63, 3.8) is 0 Å². The molecule has 1 N–H and O–H groups in total. The molecule has 0 heterocycles. The Kier molecular flexibility index (Phi) is 7.11. The second-order valence-electron chi connectivity index (χ2n) is 4.97. The molecule has 0 atom stereocenters. The number of halogens is 1. The Bertz CT molecular complexity index is 770. The summed E-state index contributed by atoms with van der Waals surface area (Å²) in [5, 5.41) is 4.32. The van der Waals surface area contributed by atoms with Crippen LogP contribution in [0.5, 0.6) is 23.0 Å². The lowest BCUT2D eigenvalue weighted by molar-refractivity contribution is -0.123. The number of hydrogen-bond acceptors (Lipinski definition) is 6. The Balaban J connectivity index is 1.97. The molecule has 8 heteroatoms. The van der Waals surface area contributed by atoms with E-state index in [1.807, 2.05) is 0 Å². The molecule has 0 saturated heterocycles. The average Bonchev–Trinajstić information content (AvgIpc) is 2.66. The Hall–Kier alpha value is -2.93. The number of nitrogens with zero attached hydrogens (tertiary/aromatic N) is 1. The molecule has 0 aliphatic rings. The third-order valence-corrected chi connectivity index (χ3v) is 3.60. The molecule has 2 aromatic carbocycles. The van der Waals surface area contributed by atoms with Gasteiger partial charge in [-0.3, -0.25) is 4.79 Å². The minimum Gasteiger partial charge on any atom is -0.493 e. The van der Waals surface area contributed by atoms with Gasteiger partial charge >= 0.3 is 0 Å². The van der Waals surface area contributed by atoms with Crippen LogP contribution in [0, 0.1) is 0 Å². The summed E-state index contributed by atoms with van der Waals surface area (Å²) >= 11 is 5.95. The first-order valence-corrected chi connectivity index (χ1v) is 7.96. The van der Waals surface area contributed by atoms with E-state index in [1.54, 1.807) is 36.4 Å². The summed E-state index contributed by atoms with van der Waals surface area (Å²) in [4.78, 5) is 11.8. The highest BCUT2D eigenvalue weighted by molar-refractivity contribution is 6.32. The molecule has 0 aliphatic heterocycles. The monoisotopic (exact) mass is 378 g/mol. The number of carbonyl (C=O) groups is 1. The van der Waals surface area contributed by atoms with Crippen LogP contribution in [0.1, 0.15) is 5.56 Å². The number of hydrogen-bond donors (Lipinski definition) is 1. The number of methoxy groups -OCH3 is 3. The fraction of sp³-hybridized carbons (Fsp3) is 0.222. The van der Waals surface area contributed by atoms with Crippen molar-refractivity contribution in [1.29, 1.82) is 0 Å². The fourth-order valence-corrected chi connectivity index (χ4v) is 2.28. The molecule has 0 fully saturated rings. The first-order chi connectivity index (χ1) is 12.6. The van der Waals surface area contributed by atoms with Crippen molar-refractivity contribution < 1.29 is 23.7 Å². The van der Waals surface area contributed by atoms with E-state index in [2.05, 4.69) is 10.5 Å². The summed E-state index contributed by atoms with van der Waals surface area (Å²) in [6.07, 6.45) is 1.46. The van der Waals surface area contributed by atoms with E-state index in [0.717, 1.165) is 0 Å². The molecule has 138 valence electrons. The van der Waals surface area contributed by atoms with Crippen molar-refractivity contribution in [3.8, 4) is 23.0 Å². The maximum atomic E-state index is 11.8. The molecule has 0 bridgehead atoms. The van der Waals surface area contributed by atoms with Crippen LogP contribution < -0.4 is 24.4 Å². The molecule has 2 rings (SSSR count). The number of nitrogens with one attached hydrogen (secondary N) is 1. The molecule has 0 aliphatic carbocycles. The van der Waals surface area contributed by atoms with Crippen LogP contribution in [-0.2, 0) is 4.79 Å². The summed E-state index contributed by atoms with van der Waals surface area (Å²) in [7, 11) is 4.56. The Morgan fingerprint density at radius 1 is 1.08 bits per heavy atom. The maximum Gasteiger partial charge on any atom is 0.277 e. The lowest BCUT2D eigenvalue weighted by Gasteiger charge is -2.12. The lowest BCUT2D eigenvalue weighted by Crippen LogP contribution is -2.24. The third kappa shape index (κ3) is 5.03. The van der Waals surface area contributed by atoms with Gasteiger partial charge in [-0.05, 0) is 24.3 Å². The molecule has 0 aromatic heterocycles. The fourth-order valence-electron chi connectivity index (χ4n) is 2.09. The minimum atomic E-state index is -0.423. The quantitative estimate of drug-likeness (QED) is 0.564. The highest BCUT2D eigenvalue weighted by atomic mass is 35.5. The Labute approximate surface area is 156 Å². The number of ether oxygens (including phenoxy) is 4. The number of benzene rings is 2. The normalized spacial score (nSPS) is 10.5. The van der Waals surface area contributed by atoms with Gasteiger partial charge < -0.3 is 18.9 Å². The second-order valence-corrected chi connectivity index (χ2v) is 5.38. The van der Waals surface area contributed by atoms with Crippen molar-refractivity contribution in [2.75, 3.05) is 27.9 Å². The van der Waals surface area contributed by atoms with Crippen molar-refractivity contribution in [3.05, 3.63) is 47.0 Å². The highest BCUT2D eigenvalue weighted by Crippen LogP contribution is 2.37. The number of hydrazone groups is 1. The van der Waals surface area contributed by atoms with Crippen LogP contribution in [0.4, 0.5) is 0 Å². The van der Waals surface area contributed by atoms with E-state index < -0.39 is 5.91 Å². The van der Waals surface area contributed by atoms with Crippen LogP contribution in [0.15, 0.2) is 41.5 Å². The molecule has 0 saturated carbocycles. The van der Waals surface area contributed by atoms with Gasteiger partial charge in [0.2, 0.25) is 5.75 Å². The second kappa shape index (κ2) is 9.53. The van der Waals surface area contributed by atoms with Gasteiger partial charge in [0.25, 0.3) is 5.91 Å². The van der Waals surface area contributed by atoms with Gasteiger partial charge in [0, 0.05) is 5.56 Å². The highest BCUT2D eigenvalue weighted by Gasteiger charge is 2.12. The Morgan fingerprint density at radius 3 is 2.31 bits per heavy atom. The number of rotatable bonds is 8. The standard InChI is InChI=1S/C18H19ClN2O5/c1-23-15-8-12(9-16(24-2)18(15)25-3)10-20-21-17(22)11-26-14-7-5-4-6-13(14)19/h4-10H,11H2,1-3H3,(H,21,22)/b20-10-. The number of para-hydroxylation sites is 1. The maximum absolute atomic E-state index is 11.8. The van der Waals surface area contributed by atoms with Crippen LogP contribution >= 0.6 is 11.6 Å². The number of amides is 1. The average molecular weight is 379 g/mol. The summed E-state index contributed by atoms with van der Waals surface area (Å²) in [5.74, 6) is 1.46. The molecule has 26 heavy (non-hydrogen) atoms. The summed E-state index contributed by atoms with van der Waals surface area (Å²) in [5.41, 5.74) is 3.03. The minimum absolute atomic E-state index is 0.212. The van der Waals surface area contributed by atoms with E-state index in [9.17, 15) is 4.79 Å². The zero-order chi connectivity index (χ0) is 18.9. The predicted molar refractivity (Wildman–Crippen MR) is 98.8 cm³/mol. The number of carbonyl (C=O) groups excluding carboxylic acids is 1. The van der Waals surface area contributed by atoms with E-state index in [1.165, 1.54) is 27.5 Å². The van der Waals surface area contributed by atoms with Crippen LogP contribution in [-0.4, -0.2) is 40.1 Å². The molecule has 0 unspecified atom stereocenters. The van der Waals surface area contributed by atoms with E-state index in [4.69, 9.17) is 30.5 Å². The van der Waals surface area contributed by atoms with Gasteiger partial charge in [0.05, 0.1) is 32.6 Å². The van der Waals surface area contributed by atoms with Gasteiger partial charge in [-0.15, -0.1) is 0 Å². The van der Waals surface area contributed by atoms with Crippen molar-refractivity contribution in [2.45, 2.75) is 0 Å². The molecule has 0 spiro atoms. The first kappa shape index (κ1) is 19.4. The molecule has 2 aromatic rings. The molecule has 1 amide bonds. The van der Waals surface area contributed by atoms with Gasteiger partial charge in [0.15, 0.2) is 18.1 Å². The SMILES string of the molecule is COc1cc(/C=N\NC(=O)COc2ccccc2Cl)cc(OC)c1OC. The third-order valence-electron chi connectivity index (χ3n) is 3.29. The molecular weight excluding hydrogens is 360 g/mol. The van der Waals surface area contributed by atoms with Crippen molar-refractivity contribution in [1.82, 2.24) is 5.43 Å². The summed E-state index contributed by atoms with van der Waals surface area (Å²) in [6.45, 7) is -0.212. The smallest absolute Gasteiger partial charge is 0.277 e. The van der Waals surface area contributed by atoms with Gasteiger partial charge in [0.1, 0.15) is 5.75 Å². The van der Waals surface area contributed by atoms with Crippen LogP contribution in [0.25, 0.3) is 0 Å². The topological polar surface area (TPSA) is 78.4 Å². The van der Waals surface area contributed by atoms with Crippen LogP contribution in [0.2, 0.25) is 5.02 Å². The molecule has 7 nitrogen and oxygen atoms in total. The van der Waals surface area contributed by atoms with Gasteiger partial charge in [-0.25, -0.2) is 5.43 Å². The Morgan fingerprint density at radius 2 is 1.73 bits per heavy atom. The van der Waals surface area contributed by atoms with Gasteiger partial charge in [-0.2, -0.15) is 5.10 Å². The van der Waals surface area contributed by atoms with Crippen molar-refractivity contribution in [2.24, 2.45) is 5.10 Å². The van der Waals surface area contributed by atoms with Crippen LogP contribution in [0.3, 0.4) is 0 Å². The molecular formula is C18H19ClN2O5. The zero-order valence-corrected chi connectivity index (χ0v) is 15.4. The molecule has 0 radical (unpaired) electrons. The van der Waals surface area contributed by atoms with Gasteiger partial charge in [-0.1, -0.05) is 23.7 Å². The van der Waals surface area contributed by atoms with Crippen molar-refractivity contribution >= 4 is 23.7 Å². The largest absolute Gasteiger partial charge is 0.493 e. The summed E-state index contributed by atoms with van der Waals surface area (Å²) in [6, 6.07) is 10.3. The van der Waals surface area contributed by atoms with E-state index in [-0.39, 0.29) is 6.61 Å². The first-order valence-electron chi connectivity index (χ1n) is 7.58. The zero-order valence-electron chi connectivity index (χ0n) is 14.6. The van der Waals surface area contributed by atoms with E-state index in [0.29, 0.717) is 33.6 Å². The predicted octanol–water partition coefficient (Wildman–Crippen LogP) is 2.89.